The van der Waals surface area contributed by atoms with Crippen LogP contribution in [-0.2, 0) is 0 Å². The fourth-order valence-electron chi connectivity index (χ4n) is 4.18. The number of nitrogens with zero attached hydrogens (tertiary/aromatic N) is 5. The molecule has 0 aliphatic carbocycles. The van der Waals surface area contributed by atoms with Crippen molar-refractivity contribution in [1.29, 1.82) is 0 Å². The zero-order valence-electron chi connectivity index (χ0n) is 15.9. The third-order valence-corrected chi connectivity index (χ3v) is 5.66. The number of fused-ring (bicyclic) bond motifs is 4. The summed E-state index contributed by atoms with van der Waals surface area (Å²) < 4.78 is 39.1. The molecular weight excluding hydrogens is 397 g/mol. The quantitative estimate of drug-likeness (QED) is 0.761. The van der Waals surface area contributed by atoms with E-state index in [1.54, 1.807) is 40.3 Å². The maximum Gasteiger partial charge on any atom is 0.414 e. The lowest BCUT2D eigenvalue weighted by atomic mass is 10.2. The largest absolute Gasteiger partial charge is 0.414 e. The molecule has 5 rings (SSSR count). The molecule has 1 atom stereocenters. The second-order valence-corrected chi connectivity index (χ2v) is 7.52. The van der Waals surface area contributed by atoms with Gasteiger partial charge in [-0.1, -0.05) is 12.1 Å². The summed E-state index contributed by atoms with van der Waals surface area (Å²) >= 11 is 0. The van der Waals surface area contributed by atoms with E-state index in [1.165, 1.54) is 6.08 Å². The molecule has 1 N–H and O–H groups in total. The number of urea groups is 1. The molecule has 156 valence electrons. The standard InChI is InChI=1S/C20H19F3N6O/c21-20(22,23)13-6-9-28(11-13)17-5-4-15-18(26-17)29(14-7-10-27(15)12-14)19(30)25-16-3-1-2-8-24-16/h1-6,8,14H,7,9-12H2,(H,24,25,30)/t14-/m0/s1. The first kappa shape index (κ1) is 18.7. The predicted molar refractivity (Wildman–Crippen MR) is 107 cm³/mol. The minimum atomic E-state index is -4.34. The summed E-state index contributed by atoms with van der Waals surface area (Å²) in [7, 11) is 0. The van der Waals surface area contributed by atoms with Gasteiger partial charge in [-0.3, -0.25) is 10.2 Å². The van der Waals surface area contributed by atoms with Gasteiger partial charge in [-0.25, -0.2) is 14.8 Å². The molecule has 0 spiro atoms. The highest BCUT2D eigenvalue weighted by molar-refractivity contribution is 6.04. The van der Waals surface area contributed by atoms with Gasteiger partial charge in [-0.05, 0) is 30.7 Å². The molecule has 2 amide bonds. The number of hydrogen-bond acceptors (Lipinski definition) is 5. The molecule has 0 saturated carbocycles. The van der Waals surface area contributed by atoms with Crippen molar-refractivity contribution in [2.75, 3.05) is 46.2 Å². The zero-order valence-corrected chi connectivity index (χ0v) is 15.9. The fourth-order valence-corrected chi connectivity index (χ4v) is 4.18. The molecule has 10 heteroatoms. The third-order valence-electron chi connectivity index (χ3n) is 5.66. The van der Waals surface area contributed by atoms with E-state index >= 15 is 0 Å². The average molecular weight is 416 g/mol. The number of halogens is 3. The van der Waals surface area contributed by atoms with E-state index < -0.39 is 11.7 Å². The summed E-state index contributed by atoms with van der Waals surface area (Å²) in [5.74, 6) is 1.32. The first-order valence-electron chi connectivity index (χ1n) is 9.68. The molecule has 1 saturated heterocycles. The van der Waals surface area contributed by atoms with Gasteiger partial charge in [-0.15, -0.1) is 0 Å². The molecular formula is C20H19F3N6O. The van der Waals surface area contributed by atoms with Gasteiger partial charge < -0.3 is 9.80 Å². The van der Waals surface area contributed by atoms with E-state index in [4.69, 9.17) is 0 Å². The minimum Gasteiger partial charge on any atom is -0.366 e. The van der Waals surface area contributed by atoms with Gasteiger partial charge in [0.1, 0.15) is 11.6 Å². The van der Waals surface area contributed by atoms with Crippen molar-refractivity contribution in [2.24, 2.45) is 0 Å². The second kappa shape index (κ2) is 6.89. The minimum absolute atomic E-state index is 0.0496. The van der Waals surface area contributed by atoms with Crippen LogP contribution < -0.4 is 20.0 Å². The van der Waals surface area contributed by atoms with Crippen LogP contribution in [0.4, 0.5) is 41.1 Å². The smallest absolute Gasteiger partial charge is 0.366 e. The number of nitrogens with one attached hydrogen (secondary N) is 1. The first-order valence-corrected chi connectivity index (χ1v) is 9.68. The normalized spacial score (nSPS) is 20.3. The Bertz CT molecular complexity index is 1010. The van der Waals surface area contributed by atoms with Gasteiger partial charge in [-0.2, -0.15) is 13.2 Å². The number of carbonyl (C=O) groups is 1. The highest BCUT2D eigenvalue weighted by Crippen LogP contribution is 2.41. The lowest BCUT2D eigenvalue weighted by molar-refractivity contribution is -0.0915. The molecule has 2 aromatic rings. The number of amides is 2. The molecule has 30 heavy (non-hydrogen) atoms. The fraction of sp³-hybridized carbons (Fsp3) is 0.350. The van der Waals surface area contributed by atoms with E-state index in [2.05, 4.69) is 20.2 Å². The molecule has 3 aliphatic rings. The van der Waals surface area contributed by atoms with Gasteiger partial charge >= 0.3 is 12.2 Å². The van der Waals surface area contributed by atoms with Crippen LogP contribution in [0.25, 0.3) is 0 Å². The van der Waals surface area contributed by atoms with Gasteiger partial charge in [0.15, 0.2) is 5.82 Å². The second-order valence-electron chi connectivity index (χ2n) is 7.52. The van der Waals surface area contributed by atoms with E-state index in [0.717, 1.165) is 18.7 Å². The molecule has 7 nitrogen and oxygen atoms in total. The average Bonchev–Trinajstić information content (AvgIpc) is 3.37. The summed E-state index contributed by atoms with van der Waals surface area (Å²) in [6.45, 7) is 1.39. The SMILES string of the molecule is O=C(Nc1ccccn1)N1c2nc(N3CC=C(C(F)(F)F)C3)ccc2N2CC[C@H]1C2. The van der Waals surface area contributed by atoms with Crippen molar-refractivity contribution in [2.45, 2.75) is 18.6 Å². The number of rotatable bonds is 2. The number of pyridine rings is 2. The Morgan fingerprint density at radius 1 is 1.17 bits per heavy atom. The lowest BCUT2D eigenvalue weighted by Gasteiger charge is -2.36. The molecule has 1 fully saturated rings. The highest BCUT2D eigenvalue weighted by Gasteiger charge is 2.41. The number of alkyl halides is 3. The van der Waals surface area contributed by atoms with Crippen LogP contribution in [-0.4, -0.2) is 54.4 Å². The molecule has 2 aromatic heterocycles. The van der Waals surface area contributed by atoms with Gasteiger partial charge in [0.2, 0.25) is 0 Å². The Hall–Kier alpha value is -3.30. The molecule has 3 aliphatic heterocycles. The number of aromatic nitrogens is 2. The summed E-state index contributed by atoms with van der Waals surface area (Å²) in [6.07, 6.45) is -0.779. The number of anilines is 4. The topological polar surface area (TPSA) is 64.6 Å². The van der Waals surface area contributed by atoms with Crippen molar-refractivity contribution in [3.63, 3.8) is 0 Å². The third kappa shape index (κ3) is 3.21. The summed E-state index contributed by atoms with van der Waals surface area (Å²) in [4.78, 5) is 27.2. The van der Waals surface area contributed by atoms with Gasteiger partial charge in [0.25, 0.3) is 0 Å². The zero-order chi connectivity index (χ0) is 20.9. The van der Waals surface area contributed by atoms with E-state index in [9.17, 15) is 18.0 Å². The van der Waals surface area contributed by atoms with Crippen molar-refractivity contribution in [3.05, 3.63) is 48.2 Å². The van der Waals surface area contributed by atoms with Gasteiger partial charge in [0, 0.05) is 32.4 Å². The maximum atomic E-state index is 13.1. The Morgan fingerprint density at radius 3 is 2.77 bits per heavy atom. The lowest BCUT2D eigenvalue weighted by Crippen LogP contribution is -2.48. The van der Waals surface area contributed by atoms with Crippen LogP contribution in [0.15, 0.2) is 48.2 Å². The monoisotopic (exact) mass is 416 g/mol. The molecule has 2 bridgehead atoms. The highest BCUT2D eigenvalue weighted by atomic mass is 19.4. The van der Waals surface area contributed by atoms with Crippen LogP contribution in [0, 0.1) is 0 Å². The Morgan fingerprint density at radius 2 is 2.03 bits per heavy atom. The Labute approximate surface area is 170 Å². The molecule has 0 aromatic carbocycles. The Balaban J connectivity index is 1.44. The molecule has 5 heterocycles. The molecule has 0 radical (unpaired) electrons. The summed E-state index contributed by atoms with van der Waals surface area (Å²) in [5, 5.41) is 2.80. The first-order chi connectivity index (χ1) is 14.4. The Kier molecular flexibility index (Phi) is 4.30. The van der Waals surface area contributed by atoms with Crippen molar-refractivity contribution in [3.8, 4) is 0 Å². The number of hydrogen-bond donors (Lipinski definition) is 1. The van der Waals surface area contributed by atoms with Crippen LogP contribution in [0.2, 0.25) is 0 Å². The van der Waals surface area contributed by atoms with Crippen LogP contribution >= 0.6 is 0 Å². The van der Waals surface area contributed by atoms with Crippen LogP contribution in [0.5, 0.6) is 0 Å². The summed E-state index contributed by atoms with van der Waals surface area (Å²) in [5.41, 5.74) is 0.238. The van der Waals surface area contributed by atoms with Gasteiger partial charge in [0.05, 0.1) is 17.3 Å². The van der Waals surface area contributed by atoms with Crippen LogP contribution in [0.1, 0.15) is 6.42 Å². The van der Waals surface area contributed by atoms with Crippen LogP contribution in [0.3, 0.4) is 0 Å². The summed E-state index contributed by atoms with van der Waals surface area (Å²) in [6, 6.07) is 8.40. The van der Waals surface area contributed by atoms with Crippen molar-refractivity contribution in [1.82, 2.24) is 9.97 Å². The van der Waals surface area contributed by atoms with Crippen molar-refractivity contribution >= 4 is 29.2 Å². The van der Waals surface area contributed by atoms with Crippen molar-refractivity contribution < 1.29 is 18.0 Å². The number of carbonyl (C=O) groups excluding carboxylic acids is 1. The van der Waals surface area contributed by atoms with E-state index in [-0.39, 0.29) is 25.2 Å². The van der Waals surface area contributed by atoms with E-state index in [0.29, 0.717) is 24.0 Å². The van der Waals surface area contributed by atoms with E-state index in [1.807, 2.05) is 6.07 Å². The maximum absolute atomic E-state index is 13.1. The molecule has 0 unspecified atom stereocenters. The predicted octanol–water partition coefficient (Wildman–Crippen LogP) is 3.42.